The van der Waals surface area contributed by atoms with Gasteiger partial charge >= 0.3 is 22.4 Å². The van der Waals surface area contributed by atoms with Gasteiger partial charge in [-0.2, -0.15) is 11.8 Å². The Labute approximate surface area is 115 Å². The molecule has 0 amide bonds. The summed E-state index contributed by atoms with van der Waals surface area (Å²) >= 11 is 2.07. The van der Waals surface area contributed by atoms with Gasteiger partial charge in [-0.3, -0.25) is 8.78 Å². The Morgan fingerprint density at radius 3 is 1.47 bits per heavy atom. The molecule has 0 unspecified atom stereocenters. The molecule has 0 aliphatic carbocycles. The van der Waals surface area contributed by atoms with Crippen LogP contribution in [0, 0.1) is 35.2 Å². The van der Waals surface area contributed by atoms with Crippen LogP contribution in [0.3, 0.4) is 0 Å². The molecule has 0 radical (unpaired) electrons. The topological polar surface area (TPSA) is 0 Å². The smallest absolute Gasteiger partial charge is 0.278 e. The zero-order valence-electron chi connectivity index (χ0n) is 8.43. The van der Waals surface area contributed by atoms with Crippen LogP contribution in [0.25, 0.3) is 0 Å². The number of thioether (sulfide) groups is 1. The molecule has 1 aliphatic rings. The van der Waals surface area contributed by atoms with E-state index in [1.807, 2.05) is 0 Å². The van der Waals surface area contributed by atoms with Gasteiger partial charge in [-0.25, -0.2) is 13.2 Å². The molecule has 1 aromatic rings. The summed E-state index contributed by atoms with van der Waals surface area (Å²) in [4.78, 5) is 0. The number of halogens is 5. The predicted molar refractivity (Wildman–Crippen MR) is 51.6 cm³/mol. The van der Waals surface area contributed by atoms with E-state index in [9.17, 15) is 22.0 Å². The molecule has 1 aromatic carbocycles. The van der Waals surface area contributed by atoms with Crippen molar-refractivity contribution < 1.29 is 44.3 Å². The molecular weight excluding hydrogens is 444 g/mol. The summed E-state index contributed by atoms with van der Waals surface area (Å²) in [5.74, 6) is -7.21. The standard InChI is InChI=1S/C6F5.C4H8S.Au/c7-2-1-3(8)5(10)6(11)4(2)9;1-2-4-5-3-1;/h;1-4H2;/q-1;;+1. The van der Waals surface area contributed by atoms with Gasteiger partial charge in [-0.05, 0) is 24.3 Å². The Kier molecular flexibility index (Phi) is 8.11. The van der Waals surface area contributed by atoms with Crippen LogP contribution in [0.4, 0.5) is 22.0 Å². The average molecular weight is 452 g/mol. The Morgan fingerprint density at radius 2 is 1.18 bits per heavy atom. The van der Waals surface area contributed by atoms with Gasteiger partial charge in [0.2, 0.25) is 0 Å². The van der Waals surface area contributed by atoms with E-state index >= 15 is 0 Å². The van der Waals surface area contributed by atoms with Crippen LogP contribution >= 0.6 is 11.8 Å². The van der Waals surface area contributed by atoms with Gasteiger partial charge in [-0.1, -0.05) is 0 Å². The van der Waals surface area contributed by atoms with Crippen LogP contribution < -0.4 is 0 Å². The summed E-state index contributed by atoms with van der Waals surface area (Å²) in [5, 5.41) is 0. The molecule has 1 heterocycles. The first-order chi connectivity index (χ1) is 7.54. The van der Waals surface area contributed by atoms with E-state index in [4.69, 9.17) is 0 Å². The normalized spacial score (nSPS) is 13.7. The molecule has 0 saturated carbocycles. The molecule has 0 atom stereocenters. The first-order valence-electron chi connectivity index (χ1n) is 4.52. The molecule has 7 heteroatoms. The van der Waals surface area contributed by atoms with Gasteiger partial charge in [0.15, 0.2) is 0 Å². The molecule has 0 aromatic heterocycles. The van der Waals surface area contributed by atoms with Crippen molar-refractivity contribution in [3.63, 3.8) is 0 Å². The van der Waals surface area contributed by atoms with Gasteiger partial charge in [0.1, 0.15) is 0 Å². The first kappa shape index (κ1) is 17.0. The van der Waals surface area contributed by atoms with Crippen molar-refractivity contribution in [1.29, 1.82) is 0 Å². The first-order valence-corrected chi connectivity index (χ1v) is 5.68. The second kappa shape index (κ2) is 8.13. The van der Waals surface area contributed by atoms with Gasteiger partial charge < -0.3 is 0 Å². The molecular formula is C10H8AuF5S. The third-order valence-corrected chi connectivity index (χ3v) is 2.97. The Hall–Kier alpha value is -0.0397. The molecule has 1 saturated heterocycles. The van der Waals surface area contributed by atoms with E-state index in [1.165, 1.54) is 24.3 Å². The second-order valence-corrected chi connectivity index (χ2v) is 4.24. The van der Waals surface area contributed by atoms with E-state index in [0.29, 0.717) is 0 Å². The summed E-state index contributed by atoms with van der Waals surface area (Å²) in [6.45, 7) is 0. The summed E-state index contributed by atoms with van der Waals surface area (Å²) in [6.07, 6.45) is 2.93. The van der Waals surface area contributed by atoms with Crippen molar-refractivity contribution >= 4 is 11.8 Å². The van der Waals surface area contributed by atoms with E-state index in [2.05, 4.69) is 11.8 Å². The molecule has 17 heavy (non-hydrogen) atoms. The van der Waals surface area contributed by atoms with Crippen molar-refractivity contribution in [3.8, 4) is 0 Å². The zero-order chi connectivity index (χ0) is 12.1. The minimum absolute atomic E-state index is 0. The van der Waals surface area contributed by atoms with Crippen molar-refractivity contribution in [2.75, 3.05) is 11.5 Å². The van der Waals surface area contributed by atoms with Crippen LogP contribution in [0.1, 0.15) is 12.8 Å². The molecule has 0 spiro atoms. The fraction of sp³-hybridized carbons (Fsp3) is 0.400. The molecule has 1 aliphatic heterocycles. The summed E-state index contributed by atoms with van der Waals surface area (Å²) in [5.41, 5.74) is 0. The molecule has 0 bridgehead atoms. The maximum atomic E-state index is 12.0. The maximum absolute atomic E-state index is 12.0. The quantitative estimate of drug-likeness (QED) is 0.190. The van der Waals surface area contributed by atoms with Crippen LogP contribution in [0.15, 0.2) is 0 Å². The Bertz CT molecular complexity index is 334. The number of rotatable bonds is 0. The molecule has 2 rings (SSSR count). The van der Waals surface area contributed by atoms with Gasteiger partial charge in [0, 0.05) is 0 Å². The summed E-state index contributed by atoms with van der Waals surface area (Å²) < 4.78 is 59.9. The van der Waals surface area contributed by atoms with E-state index in [1.54, 1.807) is 0 Å². The summed E-state index contributed by atoms with van der Waals surface area (Å²) in [7, 11) is 0. The SMILES string of the molecule is C1CCSC1.Fc1[c-]c(F)c(F)c(F)c1F.[Au+]. The fourth-order valence-electron chi connectivity index (χ4n) is 1.01. The minimum atomic E-state index is -2.17. The van der Waals surface area contributed by atoms with Crippen molar-refractivity contribution in [2.24, 2.45) is 0 Å². The van der Waals surface area contributed by atoms with Crippen molar-refractivity contribution in [2.45, 2.75) is 12.8 Å². The van der Waals surface area contributed by atoms with Crippen molar-refractivity contribution in [1.82, 2.24) is 0 Å². The molecule has 1 fully saturated rings. The minimum Gasteiger partial charge on any atom is -0.278 e. The molecule has 100 valence electrons. The number of hydrogen-bond acceptors (Lipinski definition) is 1. The second-order valence-electron chi connectivity index (χ2n) is 3.01. The monoisotopic (exact) mass is 452 g/mol. The van der Waals surface area contributed by atoms with Crippen LogP contribution in [0.2, 0.25) is 0 Å². The molecule has 0 nitrogen and oxygen atoms in total. The van der Waals surface area contributed by atoms with Crippen LogP contribution in [-0.4, -0.2) is 11.5 Å². The van der Waals surface area contributed by atoms with Crippen LogP contribution in [-0.2, 0) is 22.4 Å². The zero-order valence-corrected chi connectivity index (χ0v) is 11.4. The van der Waals surface area contributed by atoms with Crippen LogP contribution in [0.5, 0.6) is 0 Å². The predicted octanol–water partition coefficient (Wildman–Crippen LogP) is 3.69. The van der Waals surface area contributed by atoms with Gasteiger partial charge in [0.25, 0.3) is 0 Å². The van der Waals surface area contributed by atoms with Crippen molar-refractivity contribution in [3.05, 3.63) is 35.2 Å². The number of hydrogen-bond donors (Lipinski definition) is 0. The van der Waals surface area contributed by atoms with E-state index in [0.717, 1.165) is 6.07 Å². The van der Waals surface area contributed by atoms with Gasteiger partial charge in [0.05, 0.1) is 29.1 Å². The number of benzene rings is 1. The fourth-order valence-corrected chi connectivity index (χ4v) is 2.03. The third-order valence-electron chi connectivity index (χ3n) is 1.82. The summed E-state index contributed by atoms with van der Waals surface area (Å²) in [6, 6.07) is 1.02. The third kappa shape index (κ3) is 4.99. The van der Waals surface area contributed by atoms with E-state index in [-0.39, 0.29) is 22.4 Å². The van der Waals surface area contributed by atoms with E-state index < -0.39 is 29.1 Å². The Balaban J connectivity index is 0.000000360. The largest absolute Gasteiger partial charge is 1.00 e. The van der Waals surface area contributed by atoms with Gasteiger partial charge in [-0.15, -0.1) is 6.07 Å². The Morgan fingerprint density at radius 1 is 0.765 bits per heavy atom. The molecule has 0 N–H and O–H groups in total. The average Bonchev–Trinajstić information content (AvgIpc) is 2.82. The maximum Gasteiger partial charge on any atom is 1.00 e.